The summed E-state index contributed by atoms with van der Waals surface area (Å²) in [6.07, 6.45) is 0.430. The molecule has 1 unspecified atom stereocenters. The number of hydrogen-bond donors (Lipinski definition) is 1. The zero-order valence-corrected chi connectivity index (χ0v) is 16.7. The monoisotopic (exact) mass is 392 g/mol. The molecule has 150 valence electrons. The molecule has 0 aliphatic heterocycles. The second-order valence-corrected chi connectivity index (χ2v) is 6.60. The van der Waals surface area contributed by atoms with E-state index >= 15 is 0 Å². The molecule has 0 spiro atoms. The summed E-state index contributed by atoms with van der Waals surface area (Å²) in [4.78, 5) is 17.2. The van der Waals surface area contributed by atoms with E-state index in [0.717, 1.165) is 16.7 Å². The van der Waals surface area contributed by atoms with Gasteiger partial charge in [-0.15, -0.1) is 0 Å². The number of carbonyl (C=O) groups is 1. The van der Waals surface area contributed by atoms with Gasteiger partial charge in [-0.25, -0.2) is 9.78 Å². The first kappa shape index (κ1) is 20.4. The van der Waals surface area contributed by atoms with Crippen molar-refractivity contribution in [2.24, 2.45) is 0 Å². The molecule has 29 heavy (non-hydrogen) atoms. The number of nitrogens with two attached hydrogens (primary N) is 1. The Bertz CT molecular complexity index is 922. The molecule has 0 radical (unpaired) electrons. The van der Waals surface area contributed by atoms with E-state index in [9.17, 15) is 4.79 Å². The average molecular weight is 392 g/mol. The number of hydrogen-bond acceptors (Lipinski definition) is 6. The number of benzene rings is 2. The molecule has 6 heteroatoms. The van der Waals surface area contributed by atoms with E-state index in [1.54, 1.807) is 12.3 Å². The van der Waals surface area contributed by atoms with Crippen molar-refractivity contribution < 1.29 is 19.0 Å². The molecular formula is C23H24N2O4. The maximum Gasteiger partial charge on any atom is 0.350 e. The van der Waals surface area contributed by atoms with Gasteiger partial charge in [-0.1, -0.05) is 60.7 Å². The molecule has 0 amide bonds. The minimum atomic E-state index is -1.28. The smallest absolute Gasteiger partial charge is 0.350 e. The minimum Gasteiger partial charge on any atom is -0.466 e. The van der Waals surface area contributed by atoms with Crippen molar-refractivity contribution in [2.75, 3.05) is 20.0 Å². The van der Waals surface area contributed by atoms with Crippen LogP contribution in [-0.4, -0.2) is 31.3 Å². The van der Waals surface area contributed by atoms with E-state index in [4.69, 9.17) is 19.9 Å². The SMILES string of the molecule is COC(=O)C(Oc1ncc(C)cc1N)C(OC)(c1ccccc1)c1ccccc1. The van der Waals surface area contributed by atoms with Crippen LogP contribution in [0.4, 0.5) is 5.69 Å². The van der Waals surface area contributed by atoms with Crippen LogP contribution in [0.15, 0.2) is 72.9 Å². The Morgan fingerprint density at radius 1 is 1.00 bits per heavy atom. The molecule has 0 bridgehead atoms. The molecule has 2 aromatic carbocycles. The van der Waals surface area contributed by atoms with Crippen molar-refractivity contribution in [1.82, 2.24) is 4.98 Å². The number of carbonyl (C=O) groups excluding carboxylic acids is 1. The zero-order chi connectivity index (χ0) is 20.9. The van der Waals surface area contributed by atoms with Crippen LogP contribution in [-0.2, 0) is 19.9 Å². The zero-order valence-electron chi connectivity index (χ0n) is 16.7. The van der Waals surface area contributed by atoms with Crippen molar-refractivity contribution in [2.45, 2.75) is 18.6 Å². The number of aryl methyl sites for hydroxylation is 1. The summed E-state index contributed by atoms with van der Waals surface area (Å²) >= 11 is 0. The molecular weight excluding hydrogens is 368 g/mol. The van der Waals surface area contributed by atoms with Gasteiger partial charge in [0.15, 0.2) is 5.60 Å². The lowest BCUT2D eigenvalue weighted by molar-refractivity contribution is -0.164. The highest BCUT2D eigenvalue weighted by Gasteiger charge is 2.50. The van der Waals surface area contributed by atoms with Crippen molar-refractivity contribution in [3.8, 4) is 5.88 Å². The first-order chi connectivity index (χ1) is 14.0. The minimum absolute atomic E-state index is 0.138. The topological polar surface area (TPSA) is 83.7 Å². The summed E-state index contributed by atoms with van der Waals surface area (Å²) in [6.45, 7) is 1.87. The van der Waals surface area contributed by atoms with Crippen LogP contribution in [0.25, 0.3) is 0 Å². The number of methoxy groups -OCH3 is 2. The van der Waals surface area contributed by atoms with Crippen LogP contribution in [0.3, 0.4) is 0 Å². The van der Waals surface area contributed by atoms with Gasteiger partial charge in [0.2, 0.25) is 12.0 Å². The van der Waals surface area contributed by atoms with E-state index in [1.807, 2.05) is 67.6 Å². The molecule has 0 saturated heterocycles. The van der Waals surface area contributed by atoms with Gasteiger partial charge >= 0.3 is 5.97 Å². The summed E-state index contributed by atoms with van der Waals surface area (Å²) in [5, 5.41) is 0. The number of rotatable bonds is 7. The number of nitrogens with zero attached hydrogens (tertiary/aromatic N) is 1. The predicted octanol–water partition coefficient (Wildman–Crippen LogP) is 3.48. The standard InChI is InChI=1S/C23H24N2O4/c1-16-14-19(24)21(25-15-16)29-20(22(26)27-2)23(28-3,17-10-6-4-7-11-17)18-12-8-5-9-13-18/h4-15,20H,24H2,1-3H3. The third kappa shape index (κ3) is 3.93. The lowest BCUT2D eigenvalue weighted by Crippen LogP contribution is -2.51. The Labute approximate surface area is 170 Å². The highest BCUT2D eigenvalue weighted by Crippen LogP contribution is 2.39. The molecule has 1 atom stereocenters. The molecule has 3 aromatic rings. The third-order valence-corrected chi connectivity index (χ3v) is 4.76. The van der Waals surface area contributed by atoms with Crippen LogP contribution < -0.4 is 10.5 Å². The van der Waals surface area contributed by atoms with Crippen molar-refractivity contribution >= 4 is 11.7 Å². The molecule has 3 rings (SSSR count). The van der Waals surface area contributed by atoms with Crippen molar-refractivity contribution in [3.63, 3.8) is 0 Å². The predicted molar refractivity (Wildman–Crippen MR) is 110 cm³/mol. The van der Waals surface area contributed by atoms with Crippen LogP contribution >= 0.6 is 0 Å². The summed E-state index contributed by atoms with van der Waals surface area (Å²) < 4.78 is 17.2. The number of pyridine rings is 1. The lowest BCUT2D eigenvalue weighted by atomic mass is 9.81. The normalized spacial score (nSPS) is 12.2. The summed E-state index contributed by atoms with van der Waals surface area (Å²) in [7, 11) is 2.84. The fraction of sp³-hybridized carbons (Fsp3) is 0.217. The van der Waals surface area contributed by atoms with E-state index in [1.165, 1.54) is 14.2 Å². The lowest BCUT2D eigenvalue weighted by Gasteiger charge is -2.38. The van der Waals surface area contributed by atoms with Gasteiger partial charge in [0.1, 0.15) is 0 Å². The second-order valence-electron chi connectivity index (χ2n) is 6.60. The highest BCUT2D eigenvalue weighted by atomic mass is 16.6. The quantitative estimate of drug-likeness (QED) is 0.620. The van der Waals surface area contributed by atoms with Gasteiger partial charge in [-0.05, 0) is 29.7 Å². The molecule has 1 aromatic heterocycles. The Hall–Kier alpha value is -3.38. The van der Waals surface area contributed by atoms with Crippen LogP contribution in [0.2, 0.25) is 0 Å². The average Bonchev–Trinajstić information content (AvgIpc) is 2.76. The first-order valence-electron chi connectivity index (χ1n) is 9.15. The van der Waals surface area contributed by atoms with Gasteiger partial charge in [-0.3, -0.25) is 0 Å². The van der Waals surface area contributed by atoms with Gasteiger partial charge in [0.05, 0.1) is 12.8 Å². The van der Waals surface area contributed by atoms with Gasteiger partial charge in [0, 0.05) is 13.3 Å². The van der Waals surface area contributed by atoms with E-state index in [2.05, 4.69) is 4.98 Å². The van der Waals surface area contributed by atoms with Crippen molar-refractivity contribution in [1.29, 1.82) is 0 Å². The number of ether oxygens (including phenoxy) is 3. The molecule has 0 aliphatic rings. The molecule has 0 aliphatic carbocycles. The first-order valence-corrected chi connectivity index (χ1v) is 9.15. The Morgan fingerprint density at radius 2 is 1.55 bits per heavy atom. The fourth-order valence-electron chi connectivity index (χ4n) is 3.38. The van der Waals surface area contributed by atoms with Crippen molar-refractivity contribution in [3.05, 3.63) is 89.6 Å². The molecule has 0 saturated carbocycles. The molecule has 0 fully saturated rings. The second kappa shape index (κ2) is 8.75. The number of esters is 1. The maximum atomic E-state index is 13.0. The summed E-state index contributed by atoms with van der Waals surface area (Å²) in [5.41, 5.74) is 7.48. The fourth-order valence-corrected chi connectivity index (χ4v) is 3.38. The van der Waals surface area contributed by atoms with Crippen LogP contribution in [0.5, 0.6) is 5.88 Å². The van der Waals surface area contributed by atoms with Gasteiger partial charge in [-0.2, -0.15) is 0 Å². The Morgan fingerprint density at radius 3 is 2.00 bits per heavy atom. The number of nitrogen functional groups attached to an aromatic ring is 1. The van der Waals surface area contributed by atoms with Crippen LogP contribution in [0.1, 0.15) is 16.7 Å². The van der Waals surface area contributed by atoms with E-state index < -0.39 is 17.7 Å². The Balaban J connectivity index is 2.22. The highest BCUT2D eigenvalue weighted by molar-refractivity contribution is 5.78. The summed E-state index contributed by atoms with van der Waals surface area (Å²) in [6, 6.07) is 20.5. The van der Waals surface area contributed by atoms with E-state index in [0.29, 0.717) is 5.69 Å². The number of anilines is 1. The third-order valence-electron chi connectivity index (χ3n) is 4.76. The van der Waals surface area contributed by atoms with Gasteiger partial charge < -0.3 is 19.9 Å². The molecule has 1 heterocycles. The largest absolute Gasteiger partial charge is 0.466 e. The summed E-state index contributed by atoms with van der Waals surface area (Å²) in [5.74, 6) is -0.472. The molecule has 6 nitrogen and oxygen atoms in total. The Kier molecular flexibility index (Phi) is 6.14. The maximum absolute atomic E-state index is 13.0. The molecule has 2 N–H and O–H groups in total. The van der Waals surface area contributed by atoms with E-state index in [-0.39, 0.29) is 5.88 Å². The van der Waals surface area contributed by atoms with Crippen LogP contribution in [0, 0.1) is 6.92 Å². The number of aromatic nitrogens is 1. The van der Waals surface area contributed by atoms with Gasteiger partial charge in [0.25, 0.3) is 0 Å².